The molecule has 128 valence electrons. The lowest BCUT2D eigenvalue weighted by atomic mass is 9.99. The van der Waals surface area contributed by atoms with Crippen molar-refractivity contribution in [2.75, 3.05) is 12.3 Å². The zero-order valence-corrected chi connectivity index (χ0v) is 15.1. The Bertz CT molecular complexity index is 749. The van der Waals surface area contributed by atoms with E-state index in [9.17, 15) is 9.90 Å². The van der Waals surface area contributed by atoms with Crippen LogP contribution < -0.4 is 0 Å². The van der Waals surface area contributed by atoms with Crippen molar-refractivity contribution < 1.29 is 9.90 Å². The maximum Gasteiger partial charge on any atom is 0.233 e. The van der Waals surface area contributed by atoms with Crippen LogP contribution in [0.4, 0.5) is 0 Å². The van der Waals surface area contributed by atoms with E-state index in [1.807, 2.05) is 32.0 Å². The number of aliphatic hydroxyl groups excluding tert-OH is 1. The van der Waals surface area contributed by atoms with Crippen LogP contribution in [0.2, 0.25) is 5.02 Å². The fourth-order valence-electron chi connectivity index (χ4n) is 2.85. The van der Waals surface area contributed by atoms with Gasteiger partial charge in [-0.2, -0.15) is 0 Å². The van der Waals surface area contributed by atoms with Gasteiger partial charge in [0.15, 0.2) is 5.16 Å². The number of benzene rings is 1. The number of hydrogen-bond donors (Lipinski definition) is 1. The van der Waals surface area contributed by atoms with Crippen LogP contribution >= 0.6 is 23.4 Å². The van der Waals surface area contributed by atoms with E-state index < -0.39 is 11.6 Å². The predicted octanol–water partition coefficient (Wildman–Crippen LogP) is 2.38. The number of likely N-dealkylation sites (tertiary alicyclic amines) is 1. The van der Waals surface area contributed by atoms with Crippen molar-refractivity contribution in [3.8, 4) is 5.69 Å². The van der Waals surface area contributed by atoms with Gasteiger partial charge in [0.05, 0.1) is 23.1 Å². The van der Waals surface area contributed by atoms with Gasteiger partial charge < -0.3 is 10.0 Å². The molecule has 1 aromatic heterocycles. The molecule has 0 saturated carbocycles. The number of thioether (sulfide) groups is 1. The van der Waals surface area contributed by atoms with E-state index in [-0.39, 0.29) is 11.7 Å². The summed E-state index contributed by atoms with van der Waals surface area (Å²) in [4.78, 5) is 14.3. The van der Waals surface area contributed by atoms with Crippen LogP contribution in [0.15, 0.2) is 35.7 Å². The van der Waals surface area contributed by atoms with Crippen molar-refractivity contribution in [2.45, 2.75) is 37.1 Å². The van der Waals surface area contributed by atoms with Gasteiger partial charge in [-0.1, -0.05) is 29.4 Å². The SMILES string of the molecule is CC1(C)[C@@H](O)CCN1C(=O)CSc1nncn1-c1cccc(Cl)c1. The molecule has 2 aromatic rings. The number of carbonyl (C=O) groups excluding carboxylic acids is 1. The molecule has 0 bridgehead atoms. The van der Waals surface area contributed by atoms with Crippen LogP contribution in [0.25, 0.3) is 5.69 Å². The van der Waals surface area contributed by atoms with E-state index in [2.05, 4.69) is 10.2 Å². The highest BCUT2D eigenvalue weighted by Crippen LogP contribution is 2.30. The van der Waals surface area contributed by atoms with Crippen molar-refractivity contribution in [1.82, 2.24) is 19.7 Å². The fourth-order valence-corrected chi connectivity index (χ4v) is 3.84. The second-order valence-corrected chi connectivity index (χ2v) is 7.63. The molecule has 1 fully saturated rings. The average Bonchev–Trinajstić information content (AvgIpc) is 3.10. The second kappa shape index (κ2) is 6.74. The van der Waals surface area contributed by atoms with Crippen molar-refractivity contribution in [1.29, 1.82) is 0 Å². The topological polar surface area (TPSA) is 71.2 Å². The third kappa shape index (κ3) is 3.29. The fraction of sp³-hybridized carbons (Fsp3) is 0.438. The van der Waals surface area contributed by atoms with Crippen molar-refractivity contribution in [2.24, 2.45) is 0 Å². The molecule has 24 heavy (non-hydrogen) atoms. The normalized spacial score (nSPS) is 19.7. The number of aliphatic hydroxyl groups is 1. The summed E-state index contributed by atoms with van der Waals surface area (Å²) in [5.74, 6) is 0.234. The number of aromatic nitrogens is 3. The number of carbonyl (C=O) groups is 1. The molecule has 8 heteroatoms. The largest absolute Gasteiger partial charge is 0.391 e. The maximum atomic E-state index is 12.5. The summed E-state index contributed by atoms with van der Waals surface area (Å²) in [6.45, 7) is 4.36. The number of rotatable bonds is 4. The van der Waals surface area contributed by atoms with Crippen molar-refractivity contribution in [3.05, 3.63) is 35.6 Å². The molecule has 1 N–H and O–H groups in total. The summed E-state index contributed by atoms with van der Waals surface area (Å²) in [7, 11) is 0. The quantitative estimate of drug-likeness (QED) is 0.841. The van der Waals surface area contributed by atoms with Gasteiger partial charge in [-0.25, -0.2) is 0 Å². The minimum absolute atomic E-state index is 0.0119. The summed E-state index contributed by atoms with van der Waals surface area (Å²) in [5, 5.41) is 19.3. The smallest absolute Gasteiger partial charge is 0.233 e. The number of nitrogens with zero attached hydrogens (tertiary/aromatic N) is 4. The molecule has 6 nitrogen and oxygen atoms in total. The van der Waals surface area contributed by atoms with Crippen molar-refractivity contribution >= 4 is 29.3 Å². The molecule has 2 heterocycles. The molecule has 0 unspecified atom stereocenters. The highest BCUT2D eigenvalue weighted by atomic mass is 35.5. The molecule has 1 atom stereocenters. The molecule has 1 saturated heterocycles. The van der Waals surface area contributed by atoms with Gasteiger partial charge in [0.25, 0.3) is 0 Å². The number of amides is 1. The van der Waals surface area contributed by atoms with E-state index >= 15 is 0 Å². The molecule has 1 aromatic carbocycles. The predicted molar refractivity (Wildman–Crippen MR) is 93.5 cm³/mol. The summed E-state index contributed by atoms with van der Waals surface area (Å²) < 4.78 is 1.80. The number of hydrogen-bond acceptors (Lipinski definition) is 5. The molecule has 1 amide bonds. The first-order chi connectivity index (χ1) is 11.4. The first kappa shape index (κ1) is 17.3. The Morgan fingerprint density at radius 1 is 1.50 bits per heavy atom. The molecule has 0 aliphatic carbocycles. The van der Waals surface area contributed by atoms with Crippen LogP contribution in [0.5, 0.6) is 0 Å². The van der Waals surface area contributed by atoms with E-state index in [0.29, 0.717) is 23.1 Å². The zero-order valence-electron chi connectivity index (χ0n) is 13.5. The average molecular weight is 367 g/mol. The van der Waals surface area contributed by atoms with Crippen LogP contribution in [-0.4, -0.2) is 54.6 Å². The van der Waals surface area contributed by atoms with E-state index in [4.69, 9.17) is 11.6 Å². The molecule has 1 aliphatic rings. The molecule has 3 rings (SSSR count). The first-order valence-electron chi connectivity index (χ1n) is 7.67. The lowest BCUT2D eigenvalue weighted by molar-refractivity contribution is -0.133. The van der Waals surface area contributed by atoms with E-state index in [1.54, 1.807) is 21.9 Å². The van der Waals surface area contributed by atoms with Gasteiger partial charge in [0, 0.05) is 11.6 Å². The lowest BCUT2D eigenvalue weighted by Gasteiger charge is -2.33. The molecule has 0 spiro atoms. The van der Waals surface area contributed by atoms with Crippen molar-refractivity contribution in [3.63, 3.8) is 0 Å². The Morgan fingerprint density at radius 2 is 2.29 bits per heavy atom. The number of halogens is 1. The summed E-state index contributed by atoms with van der Waals surface area (Å²) >= 11 is 7.35. The standard InChI is InChI=1S/C16H19ClN4O2S/c1-16(2)13(22)6-7-21(16)14(23)9-24-15-19-18-10-20(15)12-5-3-4-11(17)8-12/h3-5,8,10,13,22H,6-7,9H2,1-2H3/t13-/m0/s1. The van der Waals surface area contributed by atoms with Crippen LogP contribution in [0.1, 0.15) is 20.3 Å². The lowest BCUT2D eigenvalue weighted by Crippen LogP contribution is -2.48. The Kier molecular flexibility index (Phi) is 4.85. The summed E-state index contributed by atoms with van der Waals surface area (Å²) in [5.41, 5.74) is 0.317. The van der Waals surface area contributed by atoms with Gasteiger partial charge >= 0.3 is 0 Å². The molecule has 1 aliphatic heterocycles. The van der Waals surface area contributed by atoms with Gasteiger partial charge in [0.2, 0.25) is 5.91 Å². The second-order valence-electron chi connectivity index (χ2n) is 6.26. The monoisotopic (exact) mass is 366 g/mol. The van der Waals surface area contributed by atoms with Gasteiger partial charge in [-0.15, -0.1) is 10.2 Å². The first-order valence-corrected chi connectivity index (χ1v) is 9.03. The van der Waals surface area contributed by atoms with E-state index in [0.717, 1.165) is 5.69 Å². The summed E-state index contributed by atoms with van der Waals surface area (Å²) in [6.07, 6.45) is 1.73. The Labute approximate surface area is 149 Å². The molecule has 0 radical (unpaired) electrons. The van der Waals surface area contributed by atoms with E-state index in [1.165, 1.54) is 11.8 Å². The maximum absolute atomic E-state index is 12.5. The van der Waals surface area contributed by atoms with Gasteiger partial charge in [-0.05, 0) is 38.5 Å². The zero-order chi connectivity index (χ0) is 17.3. The Morgan fingerprint density at radius 3 is 2.96 bits per heavy atom. The van der Waals surface area contributed by atoms with Gasteiger partial charge in [-0.3, -0.25) is 9.36 Å². The Hall–Kier alpha value is -1.57. The third-order valence-corrected chi connectivity index (χ3v) is 5.53. The third-order valence-electron chi connectivity index (χ3n) is 4.37. The van der Waals surface area contributed by atoms with Crippen LogP contribution in [0, 0.1) is 0 Å². The Balaban J connectivity index is 1.70. The minimum atomic E-state index is -0.529. The van der Waals surface area contributed by atoms with Crippen LogP contribution in [-0.2, 0) is 4.79 Å². The highest BCUT2D eigenvalue weighted by Gasteiger charge is 2.42. The molecular weight excluding hydrogens is 348 g/mol. The highest BCUT2D eigenvalue weighted by molar-refractivity contribution is 7.99. The van der Waals surface area contributed by atoms with Gasteiger partial charge in [0.1, 0.15) is 6.33 Å². The van der Waals surface area contributed by atoms with Crippen LogP contribution in [0.3, 0.4) is 0 Å². The summed E-state index contributed by atoms with van der Waals surface area (Å²) in [6, 6.07) is 7.37. The molecular formula is C16H19ClN4O2S. The minimum Gasteiger partial charge on any atom is -0.391 e.